The van der Waals surface area contributed by atoms with Crippen molar-refractivity contribution < 1.29 is 23.9 Å². The number of aromatic carboxylic acids is 1. The predicted octanol–water partition coefficient (Wildman–Crippen LogP) is 0.476. The van der Waals surface area contributed by atoms with Gasteiger partial charge in [0.25, 0.3) is 5.91 Å². The van der Waals surface area contributed by atoms with E-state index >= 15 is 0 Å². The number of nitrogens with one attached hydrogen (secondary N) is 2. The van der Waals surface area contributed by atoms with Gasteiger partial charge >= 0.3 is 5.97 Å². The largest absolute Gasteiger partial charge is 0.478 e. The Morgan fingerprint density at radius 3 is 2.78 bits per heavy atom. The van der Waals surface area contributed by atoms with Gasteiger partial charge in [0, 0.05) is 19.4 Å². The lowest BCUT2D eigenvalue weighted by Crippen LogP contribution is -2.25. The molecule has 0 atom stereocenters. The zero-order valence-corrected chi connectivity index (χ0v) is 14.2. The van der Waals surface area contributed by atoms with Crippen LogP contribution in [0.25, 0.3) is 0 Å². The molecule has 3 aromatic rings. The van der Waals surface area contributed by atoms with E-state index in [-0.39, 0.29) is 30.0 Å². The van der Waals surface area contributed by atoms with Crippen LogP contribution in [0.4, 0.5) is 5.69 Å². The van der Waals surface area contributed by atoms with Gasteiger partial charge in [-0.25, -0.2) is 4.79 Å². The molecule has 140 valence electrons. The molecule has 0 aliphatic heterocycles. The standard InChI is InChI=1S/C16H16N6O5/c1-21-8-12(14(20-21)15(24)17-6-11-3-2-4-27-11)19-13(23)9-22-7-10(5-18-22)16(25)26/h2-5,7-8H,6,9H2,1H3,(H,17,24)(H,19,23)(H,25,26). The number of nitrogens with zero attached hydrogens (tertiary/aromatic N) is 4. The van der Waals surface area contributed by atoms with Gasteiger partial charge in [0.2, 0.25) is 5.91 Å². The van der Waals surface area contributed by atoms with E-state index in [4.69, 9.17) is 9.52 Å². The highest BCUT2D eigenvalue weighted by atomic mass is 16.4. The summed E-state index contributed by atoms with van der Waals surface area (Å²) in [6.07, 6.45) is 5.37. The van der Waals surface area contributed by atoms with Crippen LogP contribution in [0.5, 0.6) is 0 Å². The molecule has 0 unspecified atom stereocenters. The molecule has 2 amide bonds. The summed E-state index contributed by atoms with van der Waals surface area (Å²) in [4.78, 5) is 35.4. The summed E-state index contributed by atoms with van der Waals surface area (Å²) in [5.41, 5.74) is 0.247. The molecule has 0 saturated heterocycles. The Morgan fingerprint density at radius 2 is 2.11 bits per heavy atom. The first-order valence-corrected chi connectivity index (χ1v) is 7.82. The second-order valence-electron chi connectivity index (χ2n) is 5.61. The van der Waals surface area contributed by atoms with Gasteiger partial charge in [-0.15, -0.1) is 0 Å². The number of carboxylic acids is 1. The van der Waals surface area contributed by atoms with Gasteiger partial charge < -0.3 is 20.2 Å². The van der Waals surface area contributed by atoms with E-state index < -0.39 is 17.8 Å². The Labute approximate surface area is 152 Å². The van der Waals surface area contributed by atoms with Crippen molar-refractivity contribution in [3.8, 4) is 0 Å². The fourth-order valence-corrected chi connectivity index (χ4v) is 2.31. The number of furan rings is 1. The molecule has 0 saturated carbocycles. The van der Waals surface area contributed by atoms with Crippen LogP contribution in [-0.2, 0) is 24.9 Å². The molecule has 3 aromatic heterocycles. The van der Waals surface area contributed by atoms with Gasteiger partial charge in [-0.3, -0.25) is 19.0 Å². The number of amides is 2. The second kappa shape index (κ2) is 7.56. The lowest BCUT2D eigenvalue weighted by molar-refractivity contribution is -0.116. The Hall–Kier alpha value is -3.89. The van der Waals surface area contributed by atoms with E-state index in [0.29, 0.717) is 5.76 Å². The van der Waals surface area contributed by atoms with Crippen LogP contribution in [0.2, 0.25) is 0 Å². The van der Waals surface area contributed by atoms with Crippen molar-refractivity contribution in [3.63, 3.8) is 0 Å². The molecule has 0 aliphatic carbocycles. The van der Waals surface area contributed by atoms with Gasteiger partial charge in [-0.1, -0.05) is 0 Å². The highest BCUT2D eigenvalue weighted by molar-refractivity contribution is 6.02. The molecule has 3 heterocycles. The summed E-state index contributed by atoms with van der Waals surface area (Å²) in [7, 11) is 1.62. The third-order valence-corrected chi connectivity index (χ3v) is 3.51. The number of anilines is 1. The van der Waals surface area contributed by atoms with Crippen LogP contribution in [-0.4, -0.2) is 42.5 Å². The van der Waals surface area contributed by atoms with Crippen LogP contribution in [0.15, 0.2) is 41.4 Å². The Morgan fingerprint density at radius 1 is 1.30 bits per heavy atom. The SMILES string of the molecule is Cn1cc(NC(=O)Cn2cc(C(=O)O)cn2)c(C(=O)NCc2ccco2)n1. The predicted molar refractivity (Wildman–Crippen MR) is 90.9 cm³/mol. The quantitative estimate of drug-likeness (QED) is 0.547. The Kier molecular flexibility index (Phi) is 5.01. The summed E-state index contributed by atoms with van der Waals surface area (Å²) in [5.74, 6) is -1.51. The van der Waals surface area contributed by atoms with Crippen LogP contribution >= 0.6 is 0 Å². The van der Waals surface area contributed by atoms with Gasteiger partial charge in [-0.2, -0.15) is 10.2 Å². The molecule has 0 radical (unpaired) electrons. The van der Waals surface area contributed by atoms with E-state index in [1.807, 2.05) is 0 Å². The van der Waals surface area contributed by atoms with Gasteiger partial charge in [-0.05, 0) is 12.1 Å². The first-order chi connectivity index (χ1) is 12.9. The van der Waals surface area contributed by atoms with Crippen molar-refractivity contribution in [2.24, 2.45) is 7.05 Å². The van der Waals surface area contributed by atoms with E-state index in [2.05, 4.69) is 20.8 Å². The monoisotopic (exact) mass is 372 g/mol. The zero-order valence-electron chi connectivity index (χ0n) is 14.2. The minimum atomic E-state index is -1.13. The van der Waals surface area contributed by atoms with Crippen molar-refractivity contribution in [2.75, 3.05) is 5.32 Å². The van der Waals surface area contributed by atoms with Crippen molar-refractivity contribution in [1.29, 1.82) is 0 Å². The molecule has 3 N–H and O–H groups in total. The molecule has 0 spiro atoms. The lowest BCUT2D eigenvalue weighted by atomic mass is 10.3. The maximum atomic E-state index is 12.3. The van der Waals surface area contributed by atoms with E-state index in [1.165, 1.54) is 28.0 Å². The maximum Gasteiger partial charge on any atom is 0.338 e. The maximum absolute atomic E-state index is 12.3. The summed E-state index contributed by atoms with van der Waals surface area (Å²) in [6, 6.07) is 3.43. The first kappa shape index (κ1) is 17.9. The number of aryl methyl sites for hydroxylation is 1. The van der Waals surface area contributed by atoms with Gasteiger partial charge in [0.1, 0.15) is 12.3 Å². The first-order valence-electron chi connectivity index (χ1n) is 7.82. The third kappa shape index (κ3) is 4.39. The smallest absolute Gasteiger partial charge is 0.338 e. The van der Waals surface area contributed by atoms with Crippen LogP contribution in [0.3, 0.4) is 0 Å². The number of hydrogen-bond donors (Lipinski definition) is 3. The fourth-order valence-electron chi connectivity index (χ4n) is 2.31. The Balaban J connectivity index is 1.64. The molecular weight excluding hydrogens is 356 g/mol. The molecule has 3 rings (SSSR count). The van der Waals surface area contributed by atoms with Crippen LogP contribution in [0, 0.1) is 0 Å². The molecule has 11 heteroatoms. The number of hydrogen-bond acceptors (Lipinski definition) is 6. The molecule has 0 bridgehead atoms. The summed E-state index contributed by atoms with van der Waals surface area (Å²) >= 11 is 0. The van der Waals surface area contributed by atoms with Gasteiger partial charge in [0.15, 0.2) is 5.69 Å². The Bertz CT molecular complexity index is 972. The molecular formula is C16H16N6O5. The summed E-state index contributed by atoms with van der Waals surface area (Å²) < 4.78 is 7.73. The van der Waals surface area contributed by atoms with E-state index in [9.17, 15) is 14.4 Å². The highest BCUT2D eigenvalue weighted by Gasteiger charge is 2.18. The number of carbonyl (C=O) groups excluding carboxylic acids is 2. The van der Waals surface area contributed by atoms with Crippen molar-refractivity contribution >= 4 is 23.5 Å². The minimum Gasteiger partial charge on any atom is -0.478 e. The number of carboxylic acid groups (broad SMARTS) is 1. The highest BCUT2D eigenvalue weighted by Crippen LogP contribution is 2.14. The number of rotatable bonds is 7. The zero-order chi connectivity index (χ0) is 19.4. The van der Waals surface area contributed by atoms with Crippen molar-refractivity contribution in [1.82, 2.24) is 24.9 Å². The van der Waals surface area contributed by atoms with Gasteiger partial charge in [0.05, 0.1) is 30.3 Å². The average Bonchev–Trinajstić information content (AvgIpc) is 3.34. The summed E-state index contributed by atoms with van der Waals surface area (Å²) in [5, 5.41) is 22.0. The molecule has 0 aliphatic rings. The van der Waals surface area contributed by atoms with Crippen LogP contribution < -0.4 is 10.6 Å². The molecule has 0 fully saturated rings. The fraction of sp³-hybridized carbons (Fsp3) is 0.188. The van der Waals surface area contributed by atoms with E-state index in [1.54, 1.807) is 19.2 Å². The second-order valence-corrected chi connectivity index (χ2v) is 5.61. The molecule has 0 aromatic carbocycles. The lowest BCUT2D eigenvalue weighted by Gasteiger charge is -2.06. The van der Waals surface area contributed by atoms with E-state index in [0.717, 1.165) is 6.20 Å². The minimum absolute atomic E-state index is 0.0258. The number of carbonyl (C=O) groups is 3. The van der Waals surface area contributed by atoms with Crippen molar-refractivity contribution in [2.45, 2.75) is 13.1 Å². The third-order valence-electron chi connectivity index (χ3n) is 3.51. The van der Waals surface area contributed by atoms with Crippen molar-refractivity contribution in [3.05, 3.63) is 54.0 Å². The average molecular weight is 372 g/mol. The molecule has 27 heavy (non-hydrogen) atoms. The normalized spacial score (nSPS) is 10.6. The topological polar surface area (TPSA) is 144 Å². The van der Waals surface area contributed by atoms with Crippen LogP contribution in [0.1, 0.15) is 26.6 Å². The number of aromatic nitrogens is 4. The molecule has 11 nitrogen and oxygen atoms in total. The summed E-state index contributed by atoms with van der Waals surface area (Å²) in [6.45, 7) is -0.0311.